The first-order valence-corrected chi connectivity index (χ1v) is 7.32. The fourth-order valence-corrected chi connectivity index (χ4v) is 1.62. The van der Waals surface area contributed by atoms with Gasteiger partial charge in [0.25, 0.3) is 5.91 Å². The first-order chi connectivity index (χ1) is 10.9. The lowest BCUT2D eigenvalue weighted by atomic mass is 9.95. The monoisotopic (exact) mass is 308 g/mol. The van der Waals surface area contributed by atoms with Gasteiger partial charge in [0, 0.05) is 11.0 Å². The van der Waals surface area contributed by atoms with Crippen LogP contribution in [0.5, 0.6) is 0 Å². The summed E-state index contributed by atoms with van der Waals surface area (Å²) in [5, 5.41) is 8.25. The van der Waals surface area contributed by atoms with Crippen LogP contribution >= 0.6 is 0 Å². The number of rotatable bonds is 3. The van der Waals surface area contributed by atoms with Gasteiger partial charge in [0.2, 0.25) is 0 Å². The Morgan fingerprint density at radius 1 is 0.870 bits per heavy atom. The van der Waals surface area contributed by atoms with Crippen LogP contribution in [-0.2, 0) is 0 Å². The molecule has 2 rings (SSSR count). The van der Waals surface area contributed by atoms with Crippen molar-refractivity contribution in [3.05, 3.63) is 60.2 Å². The molecule has 0 spiro atoms. The van der Waals surface area contributed by atoms with Gasteiger partial charge in [-0.05, 0) is 36.4 Å². The van der Waals surface area contributed by atoms with Gasteiger partial charge in [-0.2, -0.15) is 15.2 Å². The first kappa shape index (κ1) is 16.5. The minimum Gasteiger partial charge on any atom is -0.387 e. The quantitative estimate of drug-likeness (QED) is 0.509. The molecule has 0 atom stereocenters. The van der Waals surface area contributed by atoms with Crippen LogP contribution in [0.15, 0.2) is 69.8 Å². The molecule has 2 aromatic carbocycles. The molecule has 0 heterocycles. The second-order valence-electron chi connectivity index (χ2n) is 6.13. The second kappa shape index (κ2) is 6.96. The lowest BCUT2D eigenvalue weighted by Crippen LogP contribution is -2.29. The summed E-state index contributed by atoms with van der Waals surface area (Å²) in [6.07, 6.45) is 0. The fraction of sp³-hybridized carbons (Fsp3) is 0.222. The number of nitrogens with two attached hydrogens (primary N) is 1. The summed E-state index contributed by atoms with van der Waals surface area (Å²) in [7, 11) is 0. The predicted octanol–water partition coefficient (Wildman–Crippen LogP) is 4.65. The van der Waals surface area contributed by atoms with E-state index in [1.165, 1.54) is 0 Å². The molecule has 0 radical (unpaired) electrons. The number of amidine groups is 1. The van der Waals surface area contributed by atoms with E-state index in [-0.39, 0.29) is 11.3 Å². The van der Waals surface area contributed by atoms with Crippen LogP contribution in [0.4, 0.5) is 11.4 Å². The number of azo groups is 1. The lowest BCUT2D eigenvalue weighted by Gasteiger charge is -2.16. The van der Waals surface area contributed by atoms with E-state index in [4.69, 9.17) is 5.73 Å². The summed E-state index contributed by atoms with van der Waals surface area (Å²) in [6.45, 7) is 5.73. The maximum absolute atomic E-state index is 12.1. The minimum absolute atomic E-state index is 0.315. The average Bonchev–Trinajstić information content (AvgIpc) is 2.53. The molecular weight excluding hydrogens is 288 g/mol. The highest BCUT2D eigenvalue weighted by Gasteiger charge is 2.17. The van der Waals surface area contributed by atoms with Crippen molar-refractivity contribution in [3.8, 4) is 0 Å². The Morgan fingerprint density at radius 2 is 1.39 bits per heavy atom. The average molecular weight is 308 g/mol. The number of nitrogens with zero attached hydrogens (tertiary/aromatic N) is 3. The van der Waals surface area contributed by atoms with Crippen LogP contribution < -0.4 is 5.73 Å². The molecular formula is C18H20N4O. The van der Waals surface area contributed by atoms with E-state index in [0.29, 0.717) is 17.1 Å². The highest BCUT2D eigenvalue weighted by molar-refractivity contribution is 6.04. The third-order valence-electron chi connectivity index (χ3n) is 3.14. The van der Waals surface area contributed by atoms with E-state index < -0.39 is 0 Å². The molecule has 0 saturated carbocycles. The highest BCUT2D eigenvalue weighted by atomic mass is 16.1. The summed E-state index contributed by atoms with van der Waals surface area (Å²) in [5.74, 6) is -0.0423. The summed E-state index contributed by atoms with van der Waals surface area (Å²) >= 11 is 0. The number of amides is 1. The second-order valence-corrected chi connectivity index (χ2v) is 6.13. The van der Waals surface area contributed by atoms with Gasteiger partial charge in [0.1, 0.15) is 5.84 Å². The smallest absolute Gasteiger partial charge is 0.278 e. The van der Waals surface area contributed by atoms with Gasteiger partial charge < -0.3 is 5.73 Å². The van der Waals surface area contributed by atoms with Crippen molar-refractivity contribution < 1.29 is 4.79 Å². The molecule has 5 heteroatoms. The van der Waals surface area contributed by atoms with Gasteiger partial charge >= 0.3 is 0 Å². The number of carbonyl (C=O) groups is 1. The van der Waals surface area contributed by atoms with E-state index in [0.717, 1.165) is 5.69 Å². The summed E-state index contributed by atoms with van der Waals surface area (Å²) in [4.78, 5) is 16.0. The molecule has 118 valence electrons. The van der Waals surface area contributed by atoms with Crippen molar-refractivity contribution in [1.29, 1.82) is 0 Å². The van der Waals surface area contributed by atoms with E-state index in [1.54, 1.807) is 24.3 Å². The summed E-state index contributed by atoms with van der Waals surface area (Å²) in [6, 6.07) is 16.2. The van der Waals surface area contributed by atoms with Crippen LogP contribution in [0, 0.1) is 5.41 Å². The molecule has 0 aromatic heterocycles. The number of hydrogen-bond acceptors (Lipinski definition) is 3. The summed E-state index contributed by atoms with van der Waals surface area (Å²) in [5.41, 5.74) is 7.40. The third-order valence-corrected chi connectivity index (χ3v) is 3.14. The Bertz CT molecular complexity index is 726. The Hall–Kier alpha value is -2.82. The molecule has 0 aliphatic heterocycles. The van der Waals surface area contributed by atoms with Crippen LogP contribution in [-0.4, -0.2) is 11.7 Å². The number of carbonyl (C=O) groups excluding carboxylic acids is 1. The van der Waals surface area contributed by atoms with E-state index in [1.807, 2.05) is 51.1 Å². The first-order valence-electron chi connectivity index (χ1n) is 7.32. The molecule has 0 aliphatic carbocycles. The standard InChI is InChI=1S/C18H20N4O/c1-18(2,3)17(19)20-16(23)13-9-11-15(12-10-13)22-21-14-7-5-4-6-8-14/h4-12H,1-3H3,(H2,19,20,23). The van der Waals surface area contributed by atoms with Crippen molar-refractivity contribution in [1.82, 2.24) is 0 Å². The van der Waals surface area contributed by atoms with Crippen LogP contribution in [0.2, 0.25) is 0 Å². The molecule has 0 saturated heterocycles. The third kappa shape index (κ3) is 4.85. The lowest BCUT2D eigenvalue weighted by molar-refractivity contribution is 0.100. The Morgan fingerprint density at radius 3 is 1.91 bits per heavy atom. The van der Waals surface area contributed by atoms with Gasteiger partial charge in [0.05, 0.1) is 11.4 Å². The van der Waals surface area contributed by atoms with Gasteiger partial charge in [-0.3, -0.25) is 4.79 Å². The molecule has 0 aliphatic rings. The normalized spacial score (nSPS) is 12.6. The maximum Gasteiger partial charge on any atom is 0.278 e. The number of benzene rings is 2. The SMILES string of the molecule is CC(C)(C)C(N)=NC(=O)c1ccc(N=Nc2ccccc2)cc1. The number of aliphatic imine (C=N–C) groups is 1. The van der Waals surface area contributed by atoms with Gasteiger partial charge in [-0.25, -0.2) is 0 Å². The molecule has 23 heavy (non-hydrogen) atoms. The van der Waals surface area contributed by atoms with Crippen LogP contribution in [0.25, 0.3) is 0 Å². The topological polar surface area (TPSA) is 80.2 Å². The minimum atomic E-state index is -0.357. The predicted molar refractivity (Wildman–Crippen MR) is 92.5 cm³/mol. The van der Waals surface area contributed by atoms with Crippen molar-refractivity contribution in [2.24, 2.45) is 26.4 Å². The number of hydrogen-bond donors (Lipinski definition) is 1. The van der Waals surface area contributed by atoms with Crippen molar-refractivity contribution >= 4 is 23.1 Å². The van der Waals surface area contributed by atoms with Crippen molar-refractivity contribution in [3.63, 3.8) is 0 Å². The highest BCUT2D eigenvalue weighted by Crippen LogP contribution is 2.19. The molecule has 5 nitrogen and oxygen atoms in total. The Balaban J connectivity index is 2.11. The van der Waals surface area contributed by atoms with Crippen molar-refractivity contribution in [2.75, 3.05) is 0 Å². The van der Waals surface area contributed by atoms with E-state index in [2.05, 4.69) is 15.2 Å². The van der Waals surface area contributed by atoms with Gasteiger partial charge in [-0.1, -0.05) is 39.0 Å². The Labute approximate surface area is 136 Å². The maximum atomic E-state index is 12.1. The molecule has 2 N–H and O–H groups in total. The molecule has 0 unspecified atom stereocenters. The van der Waals surface area contributed by atoms with E-state index >= 15 is 0 Å². The summed E-state index contributed by atoms with van der Waals surface area (Å²) < 4.78 is 0. The zero-order valence-corrected chi connectivity index (χ0v) is 13.5. The molecule has 0 fully saturated rings. The molecule has 2 aromatic rings. The zero-order chi connectivity index (χ0) is 16.9. The van der Waals surface area contributed by atoms with Gasteiger partial charge in [-0.15, -0.1) is 0 Å². The largest absolute Gasteiger partial charge is 0.387 e. The van der Waals surface area contributed by atoms with Crippen LogP contribution in [0.3, 0.4) is 0 Å². The van der Waals surface area contributed by atoms with Gasteiger partial charge in [0.15, 0.2) is 0 Å². The van der Waals surface area contributed by atoms with Crippen LogP contribution in [0.1, 0.15) is 31.1 Å². The zero-order valence-electron chi connectivity index (χ0n) is 13.5. The molecule has 1 amide bonds. The van der Waals surface area contributed by atoms with E-state index in [9.17, 15) is 4.79 Å². The Kier molecular flexibility index (Phi) is 5.01. The molecule has 0 bridgehead atoms. The van der Waals surface area contributed by atoms with Crippen molar-refractivity contribution in [2.45, 2.75) is 20.8 Å². The fourth-order valence-electron chi connectivity index (χ4n) is 1.62.